The standard InChI is InChI=1S/C20H29N5O/c1-3-12-24(2)15-17-7-4-5-8-18(17)23-20(26)16-9-10-19(21-14-16)25-13-6-11-22-25/h6,9-11,13-14,17-18H,3-5,7-8,12,15H2,1-2H3,(H,23,26)/t17-,18+/m0/s1. The SMILES string of the molecule is CCCN(C)C[C@@H]1CCCC[C@H]1NC(=O)c1ccc(-n2cccn2)nc1. The predicted octanol–water partition coefficient (Wildman–Crippen LogP) is 2.90. The second kappa shape index (κ2) is 8.94. The van der Waals surface area contributed by atoms with Crippen LogP contribution in [0.2, 0.25) is 0 Å². The van der Waals surface area contributed by atoms with Crippen molar-refractivity contribution in [3.05, 3.63) is 42.4 Å². The Labute approximate surface area is 155 Å². The molecule has 1 N–H and O–H groups in total. The Morgan fingerprint density at radius 2 is 2.19 bits per heavy atom. The molecule has 0 spiro atoms. The molecule has 1 aliphatic carbocycles. The van der Waals surface area contributed by atoms with Crippen LogP contribution in [0.15, 0.2) is 36.8 Å². The maximum Gasteiger partial charge on any atom is 0.253 e. The second-order valence-electron chi connectivity index (χ2n) is 7.24. The van der Waals surface area contributed by atoms with E-state index < -0.39 is 0 Å². The van der Waals surface area contributed by atoms with E-state index in [-0.39, 0.29) is 11.9 Å². The van der Waals surface area contributed by atoms with Crippen LogP contribution in [0.1, 0.15) is 49.4 Å². The van der Waals surface area contributed by atoms with Crippen LogP contribution in [0, 0.1) is 5.92 Å². The molecule has 0 bridgehead atoms. The zero-order chi connectivity index (χ0) is 18.4. The lowest BCUT2D eigenvalue weighted by Crippen LogP contribution is -2.46. The number of rotatable bonds is 7. The van der Waals surface area contributed by atoms with E-state index in [9.17, 15) is 4.79 Å². The molecule has 1 fully saturated rings. The highest BCUT2D eigenvalue weighted by Crippen LogP contribution is 2.25. The van der Waals surface area contributed by atoms with Gasteiger partial charge in [-0.15, -0.1) is 0 Å². The Hall–Kier alpha value is -2.21. The van der Waals surface area contributed by atoms with Crippen molar-refractivity contribution >= 4 is 5.91 Å². The Kier molecular flexibility index (Phi) is 6.39. The van der Waals surface area contributed by atoms with E-state index in [0.717, 1.165) is 25.9 Å². The molecular weight excluding hydrogens is 326 g/mol. The van der Waals surface area contributed by atoms with Crippen molar-refractivity contribution < 1.29 is 4.79 Å². The molecule has 140 valence electrons. The summed E-state index contributed by atoms with van der Waals surface area (Å²) in [5.74, 6) is 1.21. The minimum absolute atomic E-state index is 0.0282. The van der Waals surface area contributed by atoms with Crippen LogP contribution in [0.4, 0.5) is 0 Å². The van der Waals surface area contributed by atoms with Gasteiger partial charge in [-0.3, -0.25) is 4.79 Å². The summed E-state index contributed by atoms with van der Waals surface area (Å²) in [5, 5.41) is 7.42. The van der Waals surface area contributed by atoms with Crippen LogP contribution in [0.25, 0.3) is 5.82 Å². The van der Waals surface area contributed by atoms with E-state index in [1.165, 1.54) is 19.3 Å². The quantitative estimate of drug-likeness (QED) is 0.829. The lowest BCUT2D eigenvalue weighted by Gasteiger charge is -2.34. The van der Waals surface area contributed by atoms with Crippen molar-refractivity contribution in [3.8, 4) is 5.82 Å². The maximum atomic E-state index is 12.7. The van der Waals surface area contributed by atoms with Crippen molar-refractivity contribution in [2.75, 3.05) is 20.1 Å². The first-order valence-electron chi connectivity index (χ1n) is 9.63. The molecule has 6 nitrogen and oxygen atoms in total. The van der Waals surface area contributed by atoms with E-state index in [4.69, 9.17) is 0 Å². The molecule has 0 saturated heterocycles. The van der Waals surface area contributed by atoms with Gasteiger partial charge in [0.25, 0.3) is 5.91 Å². The van der Waals surface area contributed by atoms with Crippen molar-refractivity contribution in [3.63, 3.8) is 0 Å². The van der Waals surface area contributed by atoms with Gasteiger partial charge in [0.2, 0.25) is 0 Å². The minimum atomic E-state index is -0.0282. The molecule has 26 heavy (non-hydrogen) atoms. The summed E-state index contributed by atoms with van der Waals surface area (Å²) in [4.78, 5) is 19.4. The molecule has 0 aliphatic heterocycles. The van der Waals surface area contributed by atoms with Gasteiger partial charge in [0.1, 0.15) is 0 Å². The highest BCUT2D eigenvalue weighted by atomic mass is 16.1. The van der Waals surface area contributed by atoms with E-state index in [1.807, 2.05) is 24.4 Å². The molecule has 0 unspecified atom stereocenters. The van der Waals surface area contributed by atoms with Gasteiger partial charge in [-0.1, -0.05) is 19.8 Å². The summed E-state index contributed by atoms with van der Waals surface area (Å²) in [5.41, 5.74) is 0.604. The molecule has 6 heteroatoms. The Balaban J connectivity index is 1.61. The van der Waals surface area contributed by atoms with Gasteiger partial charge in [0, 0.05) is 31.2 Å². The molecule has 0 aromatic carbocycles. The highest BCUT2D eigenvalue weighted by molar-refractivity contribution is 5.94. The number of hydrogen-bond donors (Lipinski definition) is 1. The number of pyridine rings is 1. The smallest absolute Gasteiger partial charge is 0.253 e. The molecule has 0 radical (unpaired) electrons. The number of nitrogens with one attached hydrogen (secondary N) is 1. The third kappa shape index (κ3) is 4.69. The van der Waals surface area contributed by atoms with Crippen molar-refractivity contribution in [1.29, 1.82) is 0 Å². The topological polar surface area (TPSA) is 63.1 Å². The van der Waals surface area contributed by atoms with Crippen LogP contribution in [-0.4, -0.2) is 51.8 Å². The predicted molar refractivity (Wildman–Crippen MR) is 102 cm³/mol. The number of hydrogen-bond acceptors (Lipinski definition) is 4. The Bertz CT molecular complexity index is 683. The lowest BCUT2D eigenvalue weighted by atomic mass is 9.84. The van der Waals surface area contributed by atoms with Gasteiger partial charge in [0.15, 0.2) is 5.82 Å². The summed E-state index contributed by atoms with van der Waals surface area (Å²) in [7, 11) is 2.18. The Morgan fingerprint density at radius 1 is 1.35 bits per heavy atom. The molecule has 2 aromatic heterocycles. The summed E-state index contributed by atoms with van der Waals surface area (Å²) >= 11 is 0. The molecular formula is C20H29N5O. The lowest BCUT2D eigenvalue weighted by molar-refractivity contribution is 0.0891. The number of amides is 1. The van der Waals surface area contributed by atoms with E-state index in [0.29, 0.717) is 17.3 Å². The molecule has 1 aliphatic rings. The Morgan fingerprint density at radius 3 is 2.88 bits per heavy atom. The molecule has 2 heterocycles. The van der Waals surface area contributed by atoms with E-state index >= 15 is 0 Å². The van der Waals surface area contributed by atoms with Gasteiger partial charge in [-0.05, 0) is 57.0 Å². The maximum absolute atomic E-state index is 12.7. The number of carbonyl (C=O) groups excluding carboxylic acids is 1. The summed E-state index contributed by atoms with van der Waals surface area (Å²) < 4.78 is 1.68. The monoisotopic (exact) mass is 355 g/mol. The van der Waals surface area contributed by atoms with Gasteiger partial charge < -0.3 is 10.2 Å². The van der Waals surface area contributed by atoms with Crippen LogP contribution >= 0.6 is 0 Å². The fourth-order valence-corrected chi connectivity index (χ4v) is 3.80. The van der Waals surface area contributed by atoms with Crippen molar-refractivity contribution in [1.82, 2.24) is 25.0 Å². The fourth-order valence-electron chi connectivity index (χ4n) is 3.80. The third-order valence-electron chi connectivity index (χ3n) is 5.13. The first-order chi connectivity index (χ1) is 12.7. The van der Waals surface area contributed by atoms with Crippen molar-refractivity contribution in [2.24, 2.45) is 5.92 Å². The van der Waals surface area contributed by atoms with Crippen LogP contribution in [0.5, 0.6) is 0 Å². The van der Waals surface area contributed by atoms with Crippen LogP contribution in [0.3, 0.4) is 0 Å². The van der Waals surface area contributed by atoms with E-state index in [1.54, 1.807) is 17.1 Å². The van der Waals surface area contributed by atoms with Gasteiger partial charge in [0.05, 0.1) is 5.56 Å². The summed E-state index contributed by atoms with van der Waals surface area (Å²) in [6.45, 7) is 4.36. The van der Waals surface area contributed by atoms with Crippen LogP contribution < -0.4 is 5.32 Å². The van der Waals surface area contributed by atoms with Gasteiger partial charge >= 0.3 is 0 Å². The molecule has 2 atom stereocenters. The minimum Gasteiger partial charge on any atom is -0.349 e. The van der Waals surface area contributed by atoms with Crippen LogP contribution in [-0.2, 0) is 0 Å². The summed E-state index contributed by atoms with van der Waals surface area (Å²) in [6, 6.07) is 5.75. The fraction of sp³-hybridized carbons (Fsp3) is 0.550. The molecule has 3 rings (SSSR count). The normalized spacial score (nSPS) is 20.3. The largest absolute Gasteiger partial charge is 0.349 e. The number of aromatic nitrogens is 3. The third-order valence-corrected chi connectivity index (χ3v) is 5.13. The second-order valence-corrected chi connectivity index (χ2v) is 7.24. The zero-order valence-electron chi connectivity index (χ0n) is 15.8. The number of nitrogens with zero attached hydrogens (tertiary/aromatic N) is 4. The van der Waals surface area contributed by atoms with Crippen molar-refractivity contribution in [2.45, 2.75) is 45.1 Å². The average Bonchev–Trinajstić information content (AvgIpc) is 3.18. The first-order valence-corrected chi connectivity index (χ1v) is 9.63. The average molecular weight is 355 g/mol. The molecule has 1 amide bonds. The summed E-state index contributed by atoms with van der Waals surface area (Å²) in [6.07, 6.45) is 11.0. The van der Waals surface area contributed by atoms with Gasteiger partial charge in [-0.2, -0.15) is 5.10 Å². The molecule has 1 saturated carbocycles. The zero-order valence-corrected chi connectivity index (χ0v) is 15.8. The molecule has 2 aromatic rings. The van der Waals surface area contributed by atoms with Gasteiger partial charge in [-0.25, -0.2) is 9.67 Å². The number of carbonyl (C=O) groups is 1. The van der Waals surface area contributed by atoms with E-state index in [2.05, 4.69) is 34.3 Å². The highest BCUT2D eigenvalue weighted by Gasteiger charge is 2.27. The first kappa shape index (κ1) is 18.6.